The molecule has 0 unspecified atom stereocenters. The second-order valence-electron chi connectivity index (χ2n) is 8.40. The Morgan fingerprint density at radius 3 is 2.72 bits per heavy atom. The summed E-state index contributed by atoms with van der Waals surface area (Å²) in [6.07, 6.45) is 3.70. The van der Waals surface area contributed by atoms with Crippen molar-refractivity contribution in [3.63, 3.8) is 0 Å². The van der Waals surface area contributed by atoms with E-state index in [-0.39, 0.29) is 18.4 Å². The summed E-state index contributed by atoms with van der Waals surface area (Å²) in [5, 5.41) is 4.59. The first-order chi connectivity index (χ1) is 15.5. The molecule has 32 heavy (non-hydrogen) atoms. The van der Waals surface area contributed by atoms with E-state index in [9.17, 15) is 9.59 Å². The molecule has 1 saturated heterocycles. The Labute approximate surface area is 185 Å². The lowest BCUT2D eigenvalue weighted by molar-refractivity contribution is -0.121. The molecule has 0 saturated carbocycles. The number of hydrogen-bond donors (Lipinski definition) is 1. The lowest BCUT2D eigenvalue weighted by Crippen LogP contribution is -2.34. The van der Waals surface area contributed by atoms with Gasteiger partial charge in [-0.15, -0.1) is 0 Å². The molecule has 164 valence electrons. The third kappa shape index (κ3) is 3.60. The minimum absolute atomic E-state index is 0.0432. The van der Waals surface area contributed by atoms with E-state index in [4.69, 9.17) is 13.6 Å². The van der Waals surface area contributed by atoms with Gasteiger partial charge in [-0.1, -0.05) is 30.3 Å². The average molecular weight is 431 g/mol. The summed E-state index contributed by atoms with van der Waals surface area (Å²) < 4.78 is 17.2. The fraction of sp³-hybridized carbons (Fsp3) is 0.308. The van der Waals surface area contributed by atoms with Gasteiger partial charge in [-0.25, -0.2) is 4.79 Å². The molecule has 1 amide bonds. The van der Waals surface area contributed by atoms with E-state index in [0.29, 0.717) is 28.8 Å². The molecule has 1 aliphatic heterocycles. The first-order valence-corrected chi connectivity index (χ1v) is 10.9. The van der Waals surface area contributed by atoms with Crippen LogP contribution in [0.25, 0.3) is 33.1 Å². The van der Waals surface area contributed by atoms with Crippen LogP contribution in [0.5, 0.6) is 0 Å². The lowest BCUT2D eigenvalue weighted by atomic mass is 9.96. The zero-order chi connectivity index (χ0) is 22.2. The van der Waals surface area contributed by atoms with E-state index in [1.54, 1.807) is 6.26 Å². The average Bonchev–Trinajstić information content (AvgIpc) is 3.46. The Balaban J connectivity index is 1.56. The Bertz CT molecular complexity index is 1360. The molecule has 0 bridgehead atoms. The summed E-state index contributed by atoms with van der Waals surface area (Å²) in [4.78, 5) is 25.3. The van der Waals surface area contributed by atoms with Crippen molar-refractivity contribution in [2.75, 3.05) is 13.2 Å². The summed E-state index contributed by atoms with van der Waals surface area (Å²) in [5.41, 5.74) is 4.71. The molecule has 1 atom stereocenters. The summed E-state index contributed by atoms with van der Waals surface area (Å²) in [6, 6.07) is 11.9. The maximum Gasteiger partial charge on any atom is 0.340 e. The van der Waals surface area contributed by atoms with Crippen molar-refractivity contribution in [1.82, 2.24) is 5.32 Å². The number of carbonyl (C=O) groups is 1. The van der Waals surface area contributed by atoms with Crippen LogP contribution >= 0.6 is 0 Å². The van der Waals surface area contributed by atoms with Crippen molar-refractivity contribution in [2.24, 2.45) is 0 Å². The van der Waals surface area contributed by atoms with Crippen molar-refractivity contribution in [3.8, 4) is 11.1 Å². The number of furan rings is 1. The lowest BCUT2D eigenvalue weighted by Gasteiger charge is -2.12. The van der Waals surface area contributed by atoms with Gasteiger partial charge in [0.25, 0.3) is 0 Å². The Hall–Kier alpha value is -3.38. The number of fused-ring (bicyclic) bond motifs is 3. The van der Waals surface area contributed by atoms with Crippen LogP contribution in [0.3, 0.4) is 0 Å². The highest BCUT2D eigenvalue weighted by molar-refractivity contribution is 6.11. The molecular weight excluding hydrogens is 406 g/mol. The Kier molecular flexibility index (Phi) is 5.31. The van der Waals surface area contributed by atoms with E-state index < -0.39 is 5.63 Å². The predicted octanol–water partition coefficient (Wildman–Crippen LogP) is 4.66. The second kappa shape index (κ2) is 8.28. The van der Waals surface area contributed by atoms with E-state index in [1.165, 1.54) is 0 Å². The van der Waals surface area contributed by atoms with Gasteiger partial charge in [0.1, 0.15) is 11.2 Å². The minimum Gasteiger partial charge on any atom is -0.463 e. The topological polar surface area (TPSA) is 81.7 Å². The molecule has 2 aromatic heterocycles. The molecule has 0 radical (unpaired) electrons. The van der Waals surface area contributed by atoms with Gasteiger partial charge in [-0.2, -0.15) is 0 Å². The van der Waals surface area contributed by atoms with Gasteiger partial charge in [-0.3, -0.25) is 4.79 Å². The van der Waals surface area contributed by atoms with Crippen molar-refractivity contribution in [2.45, 2.75) is 39.2 Å². The molecule has 1 fully saturated rings. The van der Waals surface area contributed by atoms with E-state index in [1.807, 2.05) is 50.2 Å². The quantitative estimate of drug-likeness (QED) is 0.465. The third-order valence-corrected chi connectivity index (χ3v) is 6.26. The second-order valence-corrected chi connectivity index (χ2v) is 8.40. The summed E-state index contributed by atoms with van der Waals surface area (Å²) in [7, 11) is 0. The number of benzene rings is 2. The van der Waals surface area contributed by atoms with Gasteiger partial charge in [-0.05, 0) is 49.4 Å². The van der Waals surface area contributed by atoms with Crippen molar-refractivity contribution >= 4 is 27.8 Å². The van der Waals surface area contributed by atoms with E-state index >= 15 is 0 Å². The largest absolute Gasteiger partial charge is 0.463 e. The van der Waals surface area contributed by atoms with Crippen LogP contribution in [0.15, 0.2) is 56.3 Å². The summed E-state index contributed by atoms with van der Waals surface area (Å²) in [6.45, 7) is 5.02. The molecule has 0 spiro atoms. The van der Waals surface area contributed by atoms with Crippen LogP contribution in [0.4, 0.5) is 0 Å². The number of amides is 1. The minimum atomic E-state index is -0.490. The summed E-state index contributed by atoms with van der Waals surface area (Å²) in [5.74, 6) is -0.219. The normalized spacial score (nSPS) is 16.1. The Morgan fingerprint density at radius 2 is 1.97 bits per heavy atom. The maximum atomic E-state index is 12.7. The van der Waals surface area contributed by atoms with Crippen LogP contribution < -0.4 is 10.9 Å². The van der Waals surface area contributed by atoms with Crippen LogP contribution in [0, 0.1) is 13.8 Å². The van der Waals surface area contributed by atoms with Crippen molar-refractivity contribution in [1.29, 1.82) is 0 Å². The number of aryl methyl sites for hydroxylation is 2. The van der Waals surface area contributed by atoms with Gasteiger partial charge in [0.15, 0.2) is 0 Å². The molecule has 1 N–H and O–H groups in total. The van der Waals surface area contributed by atoms with Gasteiger partial charge in [0.05, 0.1) is 29.7 Å². The van der Waals surface area contributed by atoms with E-state index in [0.717, 1.165) is 46.9 Å². The fourth-order valence-corrected chi connectivity index (χ4v) is 4.58. The standard InChI is InChI=1S/C26H25NO5/c1-15-11-21-24(25-23(15)20(14-31-25)17-7-4-3-5-8-17)16(2)19(26(29)32-21)12-22(28)27-13-18-9-6-10-30-18/h3-5,7-8,11,14,18H,6,9-10,12-13H2,1-2H3,(H,27,28)/t18-/m0/s1. The van der Waals surface area contributed by atoms with Gasteiger partial charge in [0.2, 0.25) is 5.91 Å². The molecule has 6 heteroatoms. The molecule has 1 aliphatic rings. The van der Waals surface area contributed by atoms with Crippen LogP contribution in [0.1, 0.15) is 29.5 Å². The van der Waals surface area contributed by atoms with Gasteiger partial charge >= 0.3 is 5.63 Å². The molecule has 5 rings (SSSR count). The first-order valence-electron chi connectivity index (χ1n) is 10.9. The fourth-order valence-electron chi connectivity index (χ4n) is 4.58. The van der Waals surface area contributed by atoms with Crippen molar-refractivity contribution < 1.29 is 18.4 Å². The monoisotopic (exact) mass is 431 g/mol. The van der Waals surface area contributed by atoms with Crippen LogP contribution in [-0.4, -0.2) is 25.2 Å². The third-order valence-electron chi connectivity index (χ3n) is 6.26. The maximum absolute atomic E-state index is 12.7. The highest BCUT2D eigenvalue weighted by Gasteiger charge is 2.22. The number of ether oxygens (including phenoxy) is 1. The summed E-state index contributed by atoms with van der Waals surface area (Å²) >= 11 is 0. The highest BCUT2D eigenvalue weighted by atomic mass is 16.5. The zero-order valence-corrected chi connectivity index (χ0v) is 18.2. The number of carbonyl (C=O) groups excluding carboxylic acids is 1. The SMILES string of the molecule is Cc1cc2oc(=O)c(CC(=O)NC[C@@H]3CCCO3)c(C)c2c2occ(-c3ccccc3)c12. The Morgan fingerprint density at radius 1 is 1.16 bits per heavy atom. The molecule has 6 nitrogen and oxygen atoms in total. The van der Waals surface area contributed by atoms with Gasteiger partial charge in [0, 0.05) is 24.1 Å². The smallest absolute Gasteiger partial charge is 0.340 e. The predicted molar refractivity (Wildman–Crippen MR) is 123 cm³/mol. The van der Waals surface area contributed by atoms with Crippen LogP contribution in [0.2, 0.25) is 0 Å². The molecule has 2 aromatic carbocycles. The first kappa shape index (κ1) is 20.5. The molecular formula is C26H25NO5. The van der Waals surface area contributed by atoms with Gasteiger partial charge < -0.3 is 18.9 Å². The van der Waals surface area contributed by atoms with Crippen LogP contribution in [-0.2, 0) is 16.0 Å². The molecule has 3 heterocycles. The number of nitrogens with one attached hydrogen (secondary N) is 1. The molecule has 4 aromatic rings. The number of rotatable bonds is 5. The van der Waals surface area contributed by atoms with Crippen molar-refractivity contribution in [3.05, 3.63) is 69.8 Å². The van der Waals surface area contributed by atoms with E-state index in [2.05, 4.69) is 5.32 Å². The zero-order valence-electron chi connectivity index (χ0n) is 18.2. The highest BCUT2D eigenvalue weighted by Crippen LogP contribution is 2.38. The molecule has 0 aliphatic carbocycles. The number of hydrogen-bond acceptors (Lipinski definition) is 5.